The van der Waals surface area contributed by atoms with Gasteiger partial charge < -0.3 is 15.2 Å². The van der Waals surface area contributed by atoms with Crippen molar-refractivity contribution in [2.24, 2.45) is 0 Å². The van der Waals surface area contributed by atoms with Crippen LogP contribution in [0.2, 0.25) is 0 Å². The molecule has 1 rings (SSSR count). The van der Waals surface area contributed by atoms with Crippen molar-refractivity contribution in [3.63, 3.8) is 0 Å². The summed E-state index contributed by atoms with van der Waals surface area (Å²) in [6.45, 7) is 7.16. The highest BCUT2D eigenvalue weighted by Gasteiger charge is 2.20. The highest BCUT2D eigenvalue weighted by molar-refractivity contribution is 5.94. The molecule has 100 valence electrons. The number of aromatic nitrogens is 1. The zero-order chi connectivity index (χ0) is 13.8. The lowest BCUT2D eigenvalue weighted by Crippen LogP contribution is -2.46. The van der Waals surface area contributed by atoms with Gasteiger partial charge in [0.15, 0.2) is 0 Å². The summed E-state index contributed by atoms with van der Waals surface area (Å²) in [5.74, 6) is 0.273. The molecule has 0 aliphatic rings. The van der Waals surface area contributed by atoms with Crippen LogP contribution in [-0.4, -0.2) is 34.2 Å². The number of pyridine rings is 1. The summed E-state index contributed by atoms with van der Waals surface area (Å²) in [6.07, 6.45) is 3.06. The number of nitrogens with one attached hydrogen (secondary N) is 1. The summed E-state index contributed by atoms with van der Waals surface area (Å²) in [7, 11) is 0. The van der Waals surface area contributed by atoms with Gasteiger partial charge in [-0.3, -0.25) is 9.78 Å². The van der Waals surface area contributed by atoms with E-state index < -0.39 is 5.54 Å². The van der Waals surface area contributed by atoms with Gasteiger partial charge in [-0.1, -0.05) is 0 Å². The van der Waals surface area contributed by atoms with Crippen molar-refractivity contribution < 1.29 is 14.6 Å². The fourth-order valence-electron chi connectivity index (χ4n) is 1.30. The second-order valence-electron chi connectivity index (χ2n) is 5.07. The number of carbonyl (C=O) groups excluding carboxylic acids is 1. The van der Waals surface area contributed by atoms with Crippen molar-refractivity contribution in [1.29, 1.82) is 0 Å². The molecule has 18 heavy (non-hydrogen) atoms. The normalized spacial score (nSPS) is 11.4. The monoisotopic (exact) mass is 252 g/mol. The molecule has 2 N–H and O–H groups in total. The van der Waals surface area contributed by atoms with Gasteiger partial charge in [0.2, 0.25) is 0 Å². The second kappa shape index (κ2) is 5.82. The van der Waals surface area contributed by atoms with Crippen LogP contribution < -0.4 is 10.1 Å². The molecule has 0 spiro atoms. The molecule has 5 nitrogen and oxygen atoms in total. The molecular weight excluding hydrogens is 232 g/mol. The maximum absolute atomic E-state index is 11.9. The molecule has 0 saturated heterocycles. The first-order valence-electron chi connectivity index (χ1n) is 5.89. The average molecular weight is 252 g/mol. The summed E-state index contributed by atoms with van der Waals surface area (Å²) >= 11 is 0. The Morgan fingerprint density at radius 3 is 2.72 bits per heavy atom. The summed E-state index contributed by atoms with van der Waals surface area (Å²) in [6, 6.07) is 1.63. The van der Waals surface area contributed by atoms with Gasteiger partial charge in [-0.2, -0.15) is 0 Å². The molecule has 1 amide bonds. The van der Waals surface area contributed by atoms with E-state index in [9.17, 15) is 4.79 Å². The van der Waals surface area contributed by atoms with Gasteiger partial charge in [-0.15, -0.1) is 0 Å². The van der Waals surface area contributed by atoms with E-state index in [-0.39, 0.29) is 18.6 Å². The number of ether oxygens (including phenoxy) is 1. The van der Waals surface area contributed by atoms with Crippen LogP contribution in [0, 0.1) is 0 Å². The van der Waals surface area contributed by atoms with Crippen LogP contribution in [0.4, 0.5) is 0 Å². The molecule has 0 aliphatic carbocycles. The number of nitrogens with zero attached hydrogens (tertiary/aromatic N) is 1. The van der Waals surface area contributed by atoms with E-state index in [4.69, 9.17) is 9.84 Å². The third kappa shape index (κ3) is 4.33. The number of rotatable bonds is 5. The first-order valence-corrected chi connectivity index (χ1v) is 5.89. The number of hydrogen-bond donors (Lipinski definition) is 2. The van der Waals surface area contributed by atoms with Crippen molar-refractivity contribution in [2.45, 2.75) is 39.3 Å². The maximum Gasteiger partial charge on any atom is 0.253 e. The van der Waals surface area contributed by atoms with Gasteiger partial charge in [0.05, 0.1) is 30.0 Å². The molecule has 0 aliphatic heterocycles. The van der Waals surface area contributed by atoms with Crippen LogP contribution in [0.5, 0.6) is 5.75 Å². The quantitative estimate of drug-likeness (QED) is 0.830. The van der Waals surface area contributed by atoms with Crippen molar-refractivity contribution in [2.75, 3.05) is 6.61 Å². The Morgan fingerprint density at radius 1 is 1.50 bits per heavy atom. The molecule has 0 fully saturated rings. The first kappa shape index (κ1) is 14.4. The average Bonchev–Trinajstić information content (AvgIpc) is 2.28. The summed E-state index contributed by atoms with van der Waals surface area (Å²) in [4.78, 5) is 15.9. The summed E-state index contributed by atoms with van der Waals surface area (Å²) in [5.41, 5.74) is -0.249. The van der Waals surface area contributed by atoms with E-state index in [2.05, 4.69) is 10.3 Å². The minimum atomic E-state index is -0.661. The van der Waals surface area contributed by atoms with Crippen molar-refractivity contribution in [3.05, 3.63) is 24.0 Å². The Balaban J connectivity index is 2.80. The molecule has 0 unspecified atom stereocenters. The van der Waals surface area contributed by atoms with E-state index in [0.717, 1.165) is 0 Å². The van der Waals surface area contributed by atoms with Gasteiger partial charge in [-0.05, 0) is 33.8 Å². The molecule has 0 atom stereocenters. The second-order valence-corrected chi connectivity index (χ2v) is 5.07. The summed E-state index contributed by atoms with van der Waals surface area (Å²) < 4.78 is 5.47. The van der Waals surface area contributed by atoms with Crippen molar-refractivity contribution in [3.8, 4) is 5.75 Å². The van der Waals surface area contributed by atoms with Gasteiger partial charge in [0.1, 0.15) is 5.75 Å². The van der Waals surface area contributed by atoms with Crippen LogP contribution in [0.15, 0.2) is 18.5 Å². The predicted molar refractivity (Wildman–Crippen MR) is 68.6 cm³/mol. The van der Waals surface area contributed by atoms with E-state index in [1.165, 1.54) is 6.20 Å². The van der Waals surface area contributed by atoms with Crippen LogP contribution in [0.25, 0.3) is 0 Å². The smallest absolute Gasteiger partial charge is 0.253 e. The number of hydrogen-bond acceptors (Lipinski definition) is 4. The standard InChI is InChI=1S/C13H20N2O3/c1-9(2)18-11-5-10(6-14-7-11)12(17)15-13(3,4)8-16/h5-7,9,16H,8H2,1-4H3,(H,15,17). The van der Waals surface area contributed by atoms with Gasteiger partial charge in [0, 0.05) is 6.20 Å². The Kier molecular flexibility index (Phi) is 4.67. The molecular formula is C13H20N2O3. The van der Waals surface area contributed by atoms with Gasteiger partial charge >= 0.3 is 0 Å². The predicted octanol–water partition coefficient (Wildman–Crippen LogP) is 1.37. The van der Waals surface area contributed by atoms with Crippen molar-refractivity contribution in [1.82, 2.24) is 10.3 Å². The molecule has 1 aromatic rings. The largest absolute Gasteiger partial charge is 0.489 e. The van der Waals surface area contributed by atoms with E-state index in [1.807, 2.05) is 13.8 Å². The molecule has 5 heteroatoms. The van der Waals surface area contributed by atoms with Gasteiger partial charge in [0.25, 0.3) is 5.91 Å². The topological polar surface area (TPSA) is 71.5 Å². The van der Waals surface area contributed by atoms with Crippen LogP contribution in [0.1, 0.15) is 38.1 Å². The lowest BCUT2D eigenvalue weighted by Gasteiger charge is -2.23. The minimum Gasteiger partial charge on any atom is -0.489 e. The Morgan fingerprint density at radius 2 is 2.17 bits per heavy atom. The fourth-order valence-corrected chi connectivity index (χ4v) is 1.30. The molecule has 0 saturated carbocycles. The van der Waals surface area contributed by atoms with E-state index >= 15 is 0 Å². The number of aliphatic hydroxyl groups is 1. The minimum absolute atomic E-state index is 0.0268. The third-order valence-electron chi connectivity index (χ3n) is 2.19. The highest BCUT2D eigenvalue weighted by Crippen LogP contribution is 2.13. The molecule has 0 radical (unpaired) electrons. The van der Waals surface area contributed by atoms with Gasteiger partial charge in [-0.25, -0.2) is 0 Å². The van der Waals surface area contributed by atoms with E-state index in [1.54, 1.807) is 26.1 Å². The lowest BCUT2D eigenvalue weighted by atomic mass is 10.1. The zero-order valence-electron chi connectivity index (χ0n) is 11.2. The third-order valence-corrected chi connectivity index (χ3v) is 2.19. The molecule has 1 aromatic heterocycles. The lowest BCUT2D eigenvalue weighted by molar-refractivity contribution is 0.0868. The number of amides is 1. The van der Waals surface area contributed by atoms with E-state index in [0.29, 0.717) is 11.3 Å². The zero-order valence-corrected chi connectivity index (χ0v) is 11.2. The van der Waals surface area contributed by atoms with Crippen molar-refractivity contribution >= 4 is 5.91 Å². The van der Waals surface area contributed by atoms with Crippen LogP contribution in [-0.2, 0) is 0 Å². The Labute approximate surface area is 107 Å². The van der Waals surface area contributed by atoms with Crippen LogP contribution >= 0.6 is 0 Å². The Hall–Kier alpha value is -1.62. The SMILES string of the molecule is CC(C)Oc1cncc(C(=O)NC(C)(C)CO)c1. The molecule has 0 aromatic carbocycles. The summed E-state index contributed by atoms with van der Waals surface area (Å²) in [5, 5.41) is 11.8. The Bertz CT molecular complexity index is 416. The molecule has 0 bridgehead atoms. The first-order chi connectivity index (χ1) is 8.34. The fraction of sp³-hybridized carbons (Fsp3) is 0.538. The molecule has 1 heterocycles. The highest BCUT2D eigenvalue weighted by atomic mass is 16.5. The maximum atomic E-state index is 11.9. The van der Waals surface area contributed by atoms with Crippen LogP contribution in [0.3, 0.4) is 0 Å². The number of carbonyl (C=O) groups is 1. The number of aliphatic hydroxyl groups excluding tert-OH is 1.